The van der Waals surface area contributed by atoms with Gasteiger partial charge in [-0.15, -0.1) is 11.3 Å². The second-order valence-corrected chi connectivity index (χ2v) is 8.63. The van der Waals surface area contributed by atoms with Gasteiger partial charge in [0, 0.05) is 28.7 Å². The molecule has 2 aromatic carbocycles. The van der Waals surface area contributed by atoms with Crippen molar-refractivity contribution in [2.45, 2.75) is 13.8 Å². The largest absolute Gasteiger partial charge is 0.343 e. The Morgan fingerprint density at radius 3 is 2.07 bits per heavy atom. The molecule has 0 N–H and O–H groups in total. The van der Waals surface area contributed by atoms with Crippen molar-refractivity contribution in [1.82, 2.24) is 4.57 Å². The van der Waals surface area contributed by atoms with Crippen LogP contribution in [-0.2, 0) is 7.05 Å². The van der Waals surface area contributed by atoms with E-state index in [-0.39, 0.29) is 17.1 Å². The van der Waals surface area contributed by atoms with Crippen molar-refractivity contribution in [1.29, 1.82) is 0 Å². The molecule has 0 saturated carbocycles. The number of aromatic nitrogens is 1. The average molecular weight is 397 g/mol. The third-order valence-electron chi connectivity index (χ3n) is 5.67. The standard InChI is InChI=1S/C25H19NO2S/c1-14-9-10-15(2)23-22(14)24(27)18(25(23)28)11-17-12-20-21(29-17)13-19(26(20)3)16-7-5-4-6-8-16/h4-13H,1-3H3. The molecule has 0 aliphatic heterocycles. The number of allylic oxidation sites excluding steroid dienone is 1. The Balaban J connectivity index is 1.58. The van der Waals surface area contributed by atoms with E-state index in [1.165, 1.54) is 5.56 Å². The van der Waals surface area contributed by atoms with Gasteiger partial charge >= 0.3 is 0 Å². The Bertz CT molecular complexity index is 1310. The first kappa shape index (κ1) is 17.8. The number of nitrogens with zero attached hydrogens (tertiary/aromatic N) is 1. The third-order valence-corrected chi connectivity index (χ3v) is 6.69. The number of carbonyl (C=O) groups is 2. The number of benzene rings is 2. The molecule has 0 spiro atoms. The Morgan fingerprint density at radius 1 is 0.862 bits per heavy atom. The lowest BCUT2D eigenvalue weighted by Gasteiger charge is -2.03. The molecule has 3 nitrogen and oxygen atoms in total. The SMILES string of the molecule is Cc1ccc(C)c2c1C(=O)C(=Cc1cc3c(cc(-c4ccccc4)n3C)s1)C2=O. The lowest BCUT2D eigenvalue weighted by Crippen LogP contribution is -2.00. The smallest absolute Gasteiger partial charge is 0.198 e. The van der Waals surface area contributed by atoms with Gasteiger partial charge in [0.25, 0.3) is 0 Å². The minimum atomic E-state index is -0.159. The summed E-state index contributed by atoms with van der Waals surface area (Å²) in [6.07, 6.45) is 1.76. The van der Waals surface area contributed by atoms with Gasteiger partial charge in [-0.3, -0.25) is 9.59 Å². The summed E-state index contributed by atoms with van der Waals surface area (Å²) in [7, 11) is 2.04. The monoisotopic (exact) mass is 397 g/mol. The van der Waals surface area contributed by atoms with Crippen molar-refractivity contribution in [3.63, 3.8) is 0 Å². The van der Waals surface area contributed by atoms with Crippen molar-refractivity contribution in [3.05, 3.63) is 87.3 Å². The summed E-state index contributed by atoms with van der Waals surface area (Å²) in [5, 5.41) is 0. The number of Topliss-reactive ketones (excluding diaryl/α,β-unsaturated/α-hetero) is 2. The van der Waals surface area contributed by atoms with Crippen LogP contribution in [-0.4, -0.2) is 16.1 Å². The highest BCUT2D eigenvalue weighted by atomic mass is 32.1. The molecular formula is C25H19NO2S. The molecule has 2 aromatic heterocycles. The molecular weight excluding hydrogens is 378 g/mol. The van der Waals surface area contributed by atoms with Gasteiger partial charge in [-0.05, 0) is 48.7 Å². The van der Waals surface area contributed by atoms with E-state index in [9.17, 15) is 9.59 Å². The minimum Gasteiger partial charge on any atom is -0.343 e. The van der Waals surface area contributed by atoms with Gasteiger partial charge in [-0.1, -0.05) is 42.5 Å². The van der Waals surface area contributed by atoms with Crippen molar-refractivity contribution >= 4 is 39.2 Å². The van der Waals surface area contributed by atoms with Crippen molar-refractivity contribution in [2.75, 3.05) is 0 Å². The molecule has 2 heterocycles. The summed E-state index contributed by atoms with van der Waals surface area (Å²) in [5.41, 5.74) is 6.53. The van der Waals surface area contributed by atoms with E-state index in [0.717, 1.165) is 31.9 Å². The van der Waals surface area contributed by atoms with Gasteiger partial charge in [0.1, 0.15) is 0 Å². The predicted octanol–water partition coefficient (Wildman–Crippen LogP) is 5.99. The van der Waals surface area contributed by atoms with E-state index in [1.807, 2.05) is 51.2 Å². The van der Waals surface area contributed by atoms with E-state index in [0.29, 0.717) is 11.1 Å². The number of hydrogen-bond donors (Lipinski definition) is 0. The summed E-state index contributed by atoms with van der Waals surface area (Å²) >= 11 is 1.60. The Morgan fingerprint density at radius 2 is 1.48 bits per heavy atom. The molecule has 5 rings (SSSR count). The van der Waals surface area contributed by atoms with Crippen LogP contribution in [0.2, 0.25) is 0 Å². The number of ketones is 2. The summed E-state index contributed by atoms with van der Waals surface area (Å²) in [5.74, 6) is -0.317. The molecule has 0 unspecified atom stereocenters. The molecule has 29 heavy (non-hydrogen) atoms. The van der Waals surface area contributed by atoms with Crippen LogP contribution in [0.4, 0.5) is 0 Å². The van der Waals surface area contributed by atoms with Gasteiger partial charge in [0.2, 0.25) is 0 Å². The summed E-state index contributed by atoms with van der Waals surface area (Å²) in [6, 6.07) is 18.3. The Kier molecular flexibility index (Phi) is 3.93. The van der Waals surface area contributed by atoms with Gasteiger partial charge in [-0.25, -0.2) is 0 Å². The third kappa shape index (κ3) is 2.64. The average Bonchev–Trinajstić information content (AvgIpc) is 3.33. The summed E-state index contributed by atoms with van der Waals surface area (Å²) in [4.78, 5) is 26.8. The maximum absolute atomic E-state index is 13.0. The molecule has 1 aliphatic rings. The van der Waals surface area contributed by atoms with Crippen LogP contribution in [0.5, 0.6) is 0 Å². The molecule has 4 heteroatoms. The number of thiophene rings is 1. The number of hydrogen-bond acceptors (Lipinski definition) is 3. The highest BCUT2D eigenvalue weighted by molar-refractivity contribution is 7.19. The van der Waals surface area contributed by atoms with Gasteiger partial charge in [0.05, 0.1) is 15.8 Å². The first-order valence-corrected chi connectivity index (χ1v) is 10.3. The van der Waals surface area contributed by atoms with Crippen LogP contribution in [0.15, 0.2) is 60.2 Å². The number of aryl methyl sites for hydroxylation is 3. The van der Waals surface area contributed by atoms with Gasteiger partial charge in [-0.2, -0.15) is 0 Å². The zero-order valence-electron chi connectivity index (χ0n) is 16.4. The van der Waals surface area contributed by atoms with E-state index in [4.69, 9.17) is 0 Å². The molecule has 0 saturated heterocycles. The zero-order valence-corrected chi connectivity index (χ0v) is 17.3. The predicted molar refractivity (Wildman–Crippen MR) is 119 cm³/mol. The first-order valence-electron chi connectivity index (χ1n) is 9.51. The normalized spacial score (nSPS) is 13.4. The molecule has 1 aliphatic carbocycles. The number of fused-ring (bicyclic) bond motifs is 2. The van der Waals surface area contributed by atoms with Crippen LogP contribution in [0.3, 0.4) is 0 Å². The summed E-state index contributed by atoms with van der Waals surface area (Å²) < 4.78 is 3.30. The van der Waals surface area contributed by atoms with Crippen molar-refractivity contribution in [3.8, 4) is 11.3 Å². The fourth-order valence-corrected chi connectivity index (χ4v) is 5.20. The number of rotatable bonds is 2. The summed E-state index contributed by atoms with van der Waals surface area (Å²) in [6.45, 7) is 3.77. The highest BCUT2D eigenvalue weighted by Gasteiger charge is 2.35. The molecule has 0 fully saturated rings. The van der Waals surface area contributed by atoms with Crippen LogP contribution in [0.25, 0.3) is 27.6 Å². The van der Waals surface area contributed by atoms with Crippen molar-refractivity contribution < 1.29 is 9.59 Å². The van der Waals surface area contributed by atoms with Gasteiger partial charge < -0.3 is 4.57 Å². The zero-order chi connectivity index (χ0) is 20.3. The maximum atomic E-state index is 13.0. The molecule has 0 atom stereocenters. The topological polar surface area (TPSA) is 39.1 Å². The van der Waals surface area contributed by atoms with Gasteiger partial charge in [0.15, 0.2) is 11.6 Å². The van der Waals surface area contributed by atoms with E-state index < -0.39 is 0 Å². The lowest BCUT2D eigenvalue weighted by atomic mass is 9.99. The highest BCUT2D eigenvalue weighted by Crippen LogP contribution is 2.37. The maximum Gasteiger partial charge on any atom is 0.198 e. The van der Waals surface area contributed by atoms with Crippen LogP contribution in [0.1, 0.15) is 36.7 Å². The fraction of sp³-hybridized carbons (Fsp3) is 0.120. The Hall–Kier alpha value is -3.24. The molecule has 4 aromatic rings. The second kappa shape index (κ2) is 6.39. The van der Waals surface area contributed by atoms with Crippen LogP contribution in [0, 0.1) is 13.8 Å². The van der Waals surface area contributed by atoms with E-state index >= 15 is 0 Å². The fourth-order valence-electron chi connectivity index (χ4n) is 4.13. The van der Waals surface area contributed by atoms with Crippen LogP contribution >= 0.6 is 11.3 Å². The number of carbonyl (C=O) groups excluding carboxylic acids is 2. The second-order valence-electron chi connectivity index (χ2n) is 7.52. The van der Waals surface area contributed by atoms with Crippen molar-refractivity contribution in [2.24, 2.45) is 7.05 Å². The minimum absolute atomic E-state index is 0.159. The van der Waals surface area contributed by atoms with E-state index in [2.05, 4.69) is 28.8 Å². The van der Waals surface area contributed by atoms with E-state index in [1.54, 1.807) is 17.4 Å². The van der Waals surface area contributed by atoms with Crippen LogP contribution < -0.4 is 0 Å². The first-order chi connectivity index (χ1) is 14.0. The lowest BCUT2D eigenvalue weighted by molar-refractivity contribution is 0.0990. The quantitative estimate of drug-likeness (QED) is 0.308. The molecule has 0 radical (unpaired) electrons. The Labute approximate surface area is 172 Å². The molecule has 0 bridgehead atoms. The molecule has 0 amide bonds. The molecule has 142 valence electrons.